The minimum atomic E-state index is -0.965. The van der Waals surface area contributed by atoms with Crippen LogP contribution in [0.3, 0.4) is 0 Å². The molecule has 4 rings (SSSR count). The molecule has 4 aromatic rings. The number of benzene rings is 3. The van der Waals surface area contributed by atoms with Crippen LogP contribution < -0.4 is 4.74 Å². The van der Waals surface area contributed by atoms with Crippen LogP contribution in [0.25, 0.3) is 21.8 Å². The van der Waals surface area contributed by atoms with Crippen molar-refractivity contribution >= 4 is 49.5 Å². The molecule has 0 bridgehead atoms. The number of thioether (sulfide) groups is 1. The highest BCUT2D eigenvalue weighted by Crippen LogP contribution is 2.34. The van der Waals surface area contributed by atoms with Crippen molar-refractivity contribution in [2.24, 2.45) is 0 Å². The molecule has 0 amide bonds. The smallest absolute Gasteiger partial charge is 0.127 e. The first-order valence-electron chi connectivity index (χ1n) is 8.74. The Hall–Kier alpha value is -1.98. The summed E-state index contributed by atoms with van der Waals surface area (Å²) in [5.41, 5.74) is 2.11. The van der Waals surface area contributed by atoms with Crippen LogP contribution in [0.1, 0.15) is 0 Å². The lowest BCUT2D eigenvalue weighted by molar-refractivity contribution is 0.333. The quantitative estimate of drug-likeness (QED) is 0.308. The zero-order valence-electron chi connectivity index (χ0n) is 14.9. The van der Waals surface area contributed by atoms with Gasteiger partial charge in [-0.3, -0.25) is 0 Å². The monoisotopic (exact) mass is 443 g/mol. The van der Waals surface area contributed by atoms with Gasteiger partial charge in [0.15, 0.2) is 0 Å². The Balaban J connectivity index is 1.60. The molecule has 0 aliphatic heterocycles. The van der Waals surface area contributed by atoms with Crippen LogP contribution in [0.2, 0.25) is 0 Å². The molecular formula is C22H19BrFNOS. The molecule has 1 heterocycles. The van der Waals surface area contributed by atoms with E-state index in [-0.39, 0.29) is 0 Å². The van der Waals surface area contributed by atoms with Crippen LogP contribution >= 0.6 is 27.7 Å². The standard InChI is InChI=1S/C22H19BrFNOS/c1-26-16-6-4-7-17(12-16)27-14-15(24)13-25-21-11-3-2-8-18(21)19-9-5-10-20(23)22(19)25/h2-12,15H,13-14H2,1H3. The van der Waals surface area contributed by atoms with E-state index in [9.17, 15) is 4.39 Å². The van der Waals surface area contributed by atoms with Gasteiger partial charge in [-0.1, -0.05) is 36.4 Å². The van der Waals surface area contributed by atoms with Crippen molar-refractivity contribution in [3.05, 3.63) is 71.2 Å². The van der Waals surface area contributed by atoms with Crippen molar-refractivity contribution in [3.63, 3.8) is 0 Å². The molecule has 1 unspecified atom stereocenters. The number of para-hydroxylation sites is 2. The highest BCUT2D eigenvalue weighted by atomic mass is 79.9. The summed E-state index contributed by atoms with van der Waals surface area (Å²) in [4.78, 5) is 1.01. The summed E-state index contributed by atoms with van der Waals surface area (Å²) >= 11 is 5.16. The molecule has 0 N–H and O–H groups in total. The number of alkyl halides is 1. The van der Waals surface area contributed by atoms with Gasteiger partial charge < -0.3 is 9.30 Å². The first-order valence-corrected chi connectivity index (χ1v) is 10.5. The van der Waals surface area contributed by atoms with Crippen LogP contribution in [0, 0.1) is 0 Å². The maximum absolute atomic E-state index is 14.9. The Labute approximate surface area is 170 Å². The summed E-state index contributed by atoms with van der Waals surface area (Å²) < 4.78 is 23.3. The van der Waals surface area contributed by atoms with Crippen LogP contribution in [0.4, 0.5) is 4.39 Å². The van der Waals surface area contributed by atoms with Crippen LogP contribution in [0.5, 0.6) is 5.75 Å². The van der Waals surface area contributed by atoms with E-state index in [0.717, 1.165) is 36.9 Å². The topological polar surface area (TPSA) is 14.2 Å². The molecule has 1 aromatic heterocycles. The Kier molecular flexibility index (Phi) is 5.41. The van der Waals surface area contributed by atoms with Crippen molar-refractivity contribution < 1.29 is 9.13 Å². The molecule has 0 radical (unpaired) electrons. The fraction of sp³-hybridized carbons (Fsp3) is 0.182. The SMILES string of the molecule is COc1cccc(SCC(F)Cn2c3ccccc3c3cccc(Br)c32)c1. The number of hydrogen-bond donors (Lipinski definition) is 0. The average molecular weight is 444 g/mol. The normalized spacial score (nSPS) is 12.6. The number of nitrogens with zero attached hydrogens (tertiary/aromatic N) is 1. The number of halogens is 2. The van der Waals surface area contributed by atoms with E-state index in [1.807, 2.05) is 48.5 Å². The molecule has 0 saturated carbocycles. The van der Waals surface area contributed by atoms with Gasteiger partial charge in [0, 0.05) is 31.4 Å². The second-order valence-electron chi connectivity index (χ2n) is 6.35. The summed E-state index contributed by atoms with van der Waals surface area (Å²) in [5.74, 6) is 1.19. The maximum Gasteiger partial charge on any atom is 0.127 e. The van der Waals surface area contributed by atoms with Gasteiger partial charge in [0.25, 0.3) is 0 Å². The van der Waals surface area contributed by atoms with Gasteiger partial charge in [0.1, 0.15) is 11.9 Å². The second kappa shape index (κ2) is 7.95. The Morgan fingerprint density at radius 2 is 1.81 bits per heavy atom. The Morgan fingerprint density at radius 3 is 2.67 bits per heavy atom. The maximum atomic E-state index is 14.9. The summed E-state index contributed by atoms with van der Waals surface area (Å²) in [6.07, 6.45) is -0.965. The minimum Gasteiger partial charge on any atom is -0.497 e. The molecule has 1 atom stereocenters. The number of fused-ring (bicyclic) bond motifs is 3. The minimum absolute atomic E-state index is 0.323. The average Bonchev–Trinajstić information content (AvgIpc) is 3.02. The molecule has 3 aromatic carbocycles. The third-order valence-corrected chi connectivity index (χ3v) is 6.35. The summed E-state index contributed by atoms with van der Waals surface area (Å²) in [6, 6.07) is 22.1. The number of hydrogen-bond acceptors (Lipinski definition) is 2. The zero-order valence-corrected chi connectivity index (χ0v) is 17.3. The molecule has 5 heteroatoms. The van der Waals surface area contributed by atoms with Crippen molar-refractivity contribution in [2.75, 3.05) is 12.9 Å². The van der Waals surface area contributed by atoms with Crippen molar-refractivity contribution in [1.29, 1.82) is 0 Å². The van der Waals surface area contributed by atoms with Crippen molar-refractivity contribution in [1.82, 2.24) is 4.57 Å². The zero-order chi connectivity index (χ0) is 18.8. The van der Waals surface area contributed by atoms with Crippen LogP contribution in [-0.2, 0) is 6.54 Å². The van der Waals surface area contributed by atoms with E-state index in [0.29, 0.717) is 12.3 Å². The Bertz CT molecular complexity index is 1090. The predicted octanol–water partition coefficient (Wildman–Crippen LogP) is 6.70. The summed E-state index contributed by atoms with van der Waals surface area (Å²) in [6.45, 7) is 0.323. The van der Waals surface area contributed by atoms with Gasteiger partial charge in [0.2, 0.25) is 0 Å². The molecule has 0 fully saturated rings. The van der Waals surface area contributed by atoms with E-state index >= 15 is 0 Å². The second-order valence-corrected chi connectivity index (χ2v) is 8.30. The fourth-order valence-corrected chi connectivity index (χ4v) is 4.82. The van der Waals surface area contributed by atoms with E-state index in [4.69, 9.17) is 4.74 Å². The van der Waals surface area contributed by atoms with Gasteiger partial charge in [-0.25, -0.2) is 4.39 Å². The third-order valence-electron chi connectivity index (χ3n) is 4.59. The first-order chi connectivity index (χ1) is 13.2. The van der Waals surface area contributed by atoms with E-state index in [2.05, 4.69) is 38.7 Å². The van der Waals surface area contributed by atoms with E-state index in [1.54, 1.807) is 7.11 Å². The predicted molar refractivity (Wildman–Crippen MR) is 116 cm³/mol. The van der Waals surface area contributed by atoms with E-state index < -0.39 is 6.17 Å². The number of methoxy groups -OCH3 is 1. The lowest BCUT2D eigenvalue weighted by Gasteiger charge is -2.13. The molecule has 0 aliphatic carbocycles. The van der Waals surface area contributed by atoms with Gasteiger partial charge >= 0.3 is 0 Å². The lowest BCUT2D eigenvalue weighted by Crippen LogP contribution is -2.14. The van der Waals surface area contributed by atoms with Crippen molar-refractivity contribution in [2.45, 2.75) is 17.6 Å². The highest BCUT2D eigenvalue weighted by molar-refractivity contribution is 9.10. The molecule has 0 spiro atoms. The van der Waals surface area contributed by atoms with Crippen LogP contribution in [0.15, 0.2) is 76.1 Å². The van der Waals surface area contributed by atoms with Crippen molar-refractivity contribution in [3.8, 4) is 5.75 Å². The molecule has 138 valence electrons. The summed E-state index contributed by atoms with van der Waals surface area (Å²) in [7, 11) is 1.64. The van der Waals surface area contributed by atoms with E-state index in [1.165, 1.54) is 11.8 Å². The molecule has 0 saturated heterocycles. The molecule has 0 aliphatic rings. The number of rotatable bonds is 6. The molecular weight excluding hydrogens is 425 g/mol. The largest absolute Gasteiger partial charge is 0.497 e. The number of aromatic nitrogens is 1. The summed E-state index contributed by atoms with van der Waals surface area (Å²) in [5, 5.41) is 2.30. The highest BCUT2D eigenvalue weighted by Gasteiger charge is 2.16. The molecule has 2 nitrogen and oxygen atoms in total. The third kappa shape index (κ3) is 3.71. The van der Waals surface area contributed by atoms with Gasteiger partial charge in [-0.2, -0.15) is 0 Å². The fourth-order valence-electron chi connectivity index (χ4n) is 3.38. The lowest BCUT2D eigenvalue weighted by atomic mass is 10.2. The van der Waals surface area contributed by atoms with Crippen LogP contribution in [-0.4, -0.2) is 23.6 Å². The van der Waals surface area contributed by atoms with Gasteiger partial charge in [0.05, 0.1) is 19.2 Å². The Morgan fingerprint density at radius 1 is 1.04 bits per heavy atom. The number of ether oxygens (including phenoxy) is 1. The first kappa shape index (κ1) is 18.4. The molecule has 27 heavy (non-hydrogen) atoms. The van der Waals surface area contributed by atoms with Gasteiger partial charge in [-0.05, 0) is 46.3 Å². The van der Waals surface area contributed by atoms with Gasteiger partial charge in [-0.15, -0.1) is 11.8 Å².